The van der Waals surface area contributed by atoms with Crippen LogP contribution in [0.15, 0.2) is 97.2 Å². The van der Waals surface area contributed by atoms with Gasteiger partial charge in [0.05, 0.1) is 0 Å². The maximum Gasteiger partial charge on any atom is 0.306 e. The number of carbonyl (C=O) groups excluding carboxylic acids is 3. The molecule has 0 heterocycles. The van der Waals surface area contributed by atoms with Crippen molar-refractivity contribution in [2.45, 2.75) is 232 Å². The Balaban J connectivity index is 4.52. The molecule has 0 spiro atoms. The standard InChI is InChI=1S/C57H94O6/c1-4-7-10-13-16-19-22-25-27-29-31-32-35-38-41-44-47-50-56(59)62-53-54(52-61-55(58)49-46-43-40-37-34-24-21-18-15-12-9-6-3)63-57(60)51-48-45-42-39-36-33-30-28-26-23-20-17-14-11-8-5-2/h7,10,16,18-21,23,25,27-28,30-32,38,41,54H,4-6,8-9,11-15,17,22,24,26,29,33-37,39-40,42-53H2,1-3H3/b10-7-,19-16-,21-18-,23-20-,27-25-,30-28-,32-31-,41-38-. The van der Waals surface area contributed by atoms with E-state index in [1.807, 2.05) is 0 Å². The van der Waals surface area contributed by atoms with E-state index >= 15 is 0 Å². The molecule has 0 aromatic carbocycles. The van der Waals surface area contributed by atoms with E-state index in [-0.39, 0.29) is 37.5 Å². The van der Waals surface area contributed by atoms with Gasteiger partial charge in [0.1, 0.15) is 13.2 Å². The van der Waals surface area contributed by atoms with Crippen LogP contribution in [0.3, 0.4) is 0 Å². The number of ether oxygens (including phenoxy) is 3. The van der Waals surface area contributed by atoms with Gasteiger partial charge in [-0.1, -0.05) is 189 Å². The molecule has 0 amide bonds. The number of unbranched alkanes of at least 4 members (excludes halogenated alkanes) is 18. The fourth-order valence-electron chi connectivity index (χ4n) is 6.68. The van der Waals surface area contributed by atoms with Gasteiger partial charge in [-0.25, -0.2) is 0 Å². The normalized spacial score (nSPS) is 12.9. The summed E-state index contributed by atoms with van der Waals surface area (Å²) in [6, 6.07) is 0. The molecule has 0 saturated carbocycles. The monoisotopic (exact) mass is 875 g/mol. The van der Waals surface area contributed by atoms with Crippen LogP contribution >= 0.6 is 0 Å². The molecule has 1 atom stereocenters. The Morgan fingerprint density at radius 3 is 1.08 bits per heavy atom. The Bertz CT molecular complexity index is 1280. The van der Waals surface area contributed by atoms with Crippen LogP contribution in [0, 0.1) is 0 Å². The van der Waals surface area contributed by atoms with Gasteiger partial charge in [0.25, 0.3) is 0 Å². The molecule has 0 aliphatic rings. The molecule has 6 nitrogen and oxygen atoms in total. The second-order valence-corrected chi connectivity index (χ2v) is 16.7. The minimum atomic E-state index is -0.811. The van der Waals surface area contributed by atoms with Crippen LogP contribution in [0.4, 0.5) is 0 Å². The molecular weight excluding hydrogens is 781 g/mol. The van der Waals surface area contributed by atoms with Crippen molar-refractivity contribution in [3.05, 3.63) is 97.2 Å². The van der Waals surface area contributed by atoms with E-state index in [0.717, 1.165) is 116 Å². The van der Waals surface area contributed by atoms with Crippen LogP contribution in [0.2, 0.25) is 0 Å². The zero-order valence-electron chi connectivity index (χ0n) is 40.8. The third kappa shape index (κ3) is 49.2. The average molecular weight is 875 g/mol. The van der Waals surface area contributed by atoms with Crippen LogP contribution in [0.5, 0.6) is 0 Å². The minimum Gasteiger partial charge on any atom is -0.462 e. The predicted molar refractivity (Wildman–Crippen MR) is 270 cm³/mol. The molecule has 1 unspecified atom stereocenters. The lowest BCUT2D eigenvalue weighted by Gasteiger charge is -2.18. The highest BCUT2D eigenvalue weighted by molar-refractivity contribution is 5.71. The van der Waals surface area contributed by atoms with Crippen LogP contribution in [0.25, 0.3) is 0 Å². The molecular formula is C57H94O6. The summed E-state index contributed by atoms with van der Waals surface area (Å²) < 4.78 is 16.7. The lowest BCUT2D eigenvalue weighted by molar-refractivity contribution is -0.167. The highest BCUT2D eigenvalue weighted by atomic mass is 16.6. The van der Waals surface area contributed by atoms with Gasteiger partial charge in [-0.05, 0) is 116 Å². The molecule has 0 radical (unpaired) electrons. The van der Waals surface area contributed by atoms with E-state index < -0.39 is 6.10 Å². The van der Waals surface area contributed by atoms with E-state index in [4.69, 9.17) is 14.2 Å². The highest BCUT2D eigenvalue weighted by Crippen LogP contribution is 2.13. The van der Waals surface area contributed by atoms with E-state index in [2.05, 4.69) is 118 Å². The molecule has 0 fully saturated rings. The van der Waals surface area contributed by atoms with Crippen molar-refractivity contribution in [3.63, 3.8) is 0 Å². The van der Waals surface area contributed by atoms with Gasteiger partial charge in [-0.15, -0.1) is 0 Å². The molecule has 63 heavy (non-hydrogen) atoms. The summed E-state index contributed by atoms with van der Waals surface area (Å²) in [6.07, 6.45) is 66.8. The van der Waals surface area contributed by atoms with Crippen molar-refractivity contribution in [1.29, 1.82) is 0 Å². The largest absolute Gasteiger partial charge is 0.462 e. The number of carbonyl (C=O) groups is 3. The lowest BCUT2D eigenvalue weighted by Crippen LogP contribution is -2.30. The third-order valence-corrected chi connectivity index (χ3v) is 10.5. The predicted octanol–water partition coefficient (Wildman–Crippen LogP) is 17.0. The van der Waals surface area contributed by atoms with E-state index in [1.54, 1.807) is 0 Å². The van der Waals surface area contributed by atoms with Gasteiger partial charge in [0.2, 0.25) is 0 Å². The summed E-state index contributed by atoms with van der Waals surface area (Å²) in [7, 11) is 0. The van der Waals surface area contributed by atoms with Crippen LogP contribution < -0.4 is 0 Å². The van der Waals surface area contributed by atoms with Crippen LogP contribution in [0.1, 0.15) is 226 Å². The number of allylic oxidation sites excluding steroid dienone is 16. The average Bonchev–Trinajstić information content (AvgIpc) is 3.28. The molecule has 0 aromatic rings. The molecule has 0 saturated heterocycles. The first-order valence-electron chi connectivity index (χ1n) is 25.7. The van der Waals surface area contributed by atoms with Gasteiger partial charge in [-0.2, -0.15) is 0 Å². The van der Waals surface area contributed by atoms with Gasteiger partial charge in [-0.3, -0.25) is 14.4 Å². The highest BCUT2D eigenvalue weighted by Gasteiger charge is 2.19. The number of rotatable bonds is 45. The quantitative estimate of drug-likeness (QED) is 0.0262. The second-order valence-electron chi connectivity index (χ2n) is 16.7. The SMILES string of the molecule is CC/C=C\C/C=C\C/C=C\C/C=C\C/C=C\CCCC(=O)OCC(COC(=O)CCCCCCC/C=C\CCCCC)OC(=O)CCCCCCC/C=C\C/C=C\CCCCCC. The fourth-order valence-corrected chi connectivity index (χ4v) is 6.68. The molecule has 0 N–H and O–H groups in total. The molecule has 0 aliphatic heterocycles. The Labute approximate surface area is 387 Å². The molecule has 0 aliphatic carbocycles. The number of hydrogen-bond donors (Lipinski definition) is 0. The Hall–Kier alpha value is -3.67. The first-order chi connectivity index (χ1) is 31.0. The fraction of sp³-hybridized carbons (Fsp3) is 0.667. The van der Waals surface area contributed by atoms with E-state index in [9.17, 15) is 14.4 Å². The Morgan fingerprint density at radius 2 is 0.635 bits per heavy atom. The van der Waals surface area contributed by atoms with E-state index in [0.29, 0.717) is 19.3 Å². The summed E-state index contributed by atoms with van der Waals surface area (Å²) in [5, 5.41) is 0. The Morgan fingerprint density at radius 1 is 0.333 bits per heavy atom. The Kier molecular flexibility index (Phi) is 48.0. The molecule has 0 bridgehead atoms. The summed E-state index contributed by atoms with van der Waals surface area (Å²) in [5.74, 6) is -0.993. The van der Waals surface area contributed by atoms with Crippen molar-refractivity contribution in [2.75, 3.05) is 13.2 Å². The summed E-state index contributed by atoms with van der Waals surface area (Å²) in [5.41, 5.74) is 0. The van der Waals surface area contributed by atoms with Crippen molar-refractivity contribution in [1.82, 2.24) is 0 Å². The molecule has 0 aromatic heterocycles. The topological polar surface area (TPSA) is 78.9 Å². The zero-order chi connectivity index (χ0) is 45.8. The zero-order valence-corrected chi connectivity index (χ0v) is 40.8. The van der Waals surface area contributed by atoms with Crippen molar-refractivity contribution >= 4 is 17.9 Å². The van der Waals surface area contributed by atoms with Crippen molar-refractivity contribution in [2.24, 2.45) is 0 Å². The van der Waals surface area contributed by atoms with Gasteiger partial charge in [0, 0.05) is 19.3 Å². The van der Waals surface area contributed by atoms with Gasteiger partial charge < -0.3 is 14.2 Å². The van der Waals surface area contributed by atoms with Gasteiger partial charge >= 0.3 is 17.9 Å². The second kappa shape index (κ2) is 51.0. The summed E-state index contributed by atoms with van der Waals surface area (Å²) >= 11 is 0. The van der Waals surface area contributed by atoms with Crippen LogP contribution in [-0.4, -0.2) is 37.2 Å². The first-order valence-corrected chi connectivity index (χ1v) is 25.7. The lowest BCUT2D eigenvalue weighted by atomic mass is 10.1. The first kappa shape index (κ1) is 59.3. The maximum atomic E-state index is 12.8. The van der Waals surface area contributed by atoms with Crippen molar-refractivity contribution in [3.8, 4) is 0 Å². The smallest absolute Gasteiger partial charge is 0.306 e. The van der Waals surface area contributed by atoms with Crippen molar-refractivity contribution < 1.29 is 28.6 Å². The van der Waals surface area contributed by atoms with Gasteiger partial charge in [0.15, 0.2) is 6.10 Å². The summed E-state index contributed by atoms with van der Waals surface area (Å²) in [4.78, 5) is 37.9. The minimum absolute atomic E-state index is 0.106. The maximum absolute atomic E-state index is 12.8. The third-order valence-electron chi connectivity index (χ3n) is 10.5. The summed E-state index contributed by atoms with van der Waals surface area (Å²) in [6.45, 7) is 6.40. The number of hydrogen-bond acceptors (Lipinski definition) is 6. The molecule has 358 valence electrons. The van der Waals surface area contributed by atoms with Crippen LogP contribution in [-0.2, 0) is 28.6 Å². The molecule has 6 heteroatoms. The number of esters is 3. The molecule has 0 rings (SSSR count). The van der Waals surface area contributed by atoms with E-state index in [1.165, 1.54) is 64.2 Å².